The first-order valence-corrected chi connectivity index (χ1v) is 10.6. The number of alkyl halides is 2. The number of anilines is 1. The van der Waals surface area contributed by atoms with Crippen molar-refractivity contribution >= 4 is 38.9 Å². The maximum absolute atomic E-state index is 13.6. The highest BCUT2D eigenvalue weighted by atomic mass is 79.9. The van der Waals surface area contributed by atoms with E-state index in [0.29, 0.717) is 28.0 Å². The Morgan fingerprint density at radius 3 is 2.64 bits per heavy atom. The third kappa shape index (κ3) is 4.75. The standard InChI is InChI=1S/C23H18BrF2N5O2/c1-28-11-14-10-16(6-7-17(14)27)31-23(32)21(13-2-4-15(24)5-3-13)22-18(30-31)8-9-20(29-22)33-12-19(25)26/h2-11,19H,12,27H2,1H3. The SMILES string of the molecule is CN=Cc1cc(-n2nc3ccc(OCC(F)F)nc3c(-c3ccc(Br)cc3)c2=O)ccc1N. The van der Waals surface area contributed by atoms with Crippen molar-refractivity contribution in [3.8, 4) is 22.7 Å². The van der Waals surface area contributed by atoms with E-state index in [1.807, 2.05) is 0 Å². The van der Waals surface area contributed by atoms with Gasteiger partial charge in [0.25, 0.3) is 12.0 Å². The van der Waals surface area contributed by atoms with E-state index in [4.69, 9.17) is 10.5 Å². The summed E-state index contributed by atoms with van der Waals surface area (Å²) >= 11 is 3.39. The third-order valence-electron chi connectivity index (χ3n) is 4.77. The average Bonchev–Trinajstić information content (AvgIpc) is 2.80. The fraction of sp³-hybridized carbons (Fsp3) is 0.130. The Balaban J connectivity index is 1.98. The normalized spacial score (nSPS) is 11.5. The number of hydrogen-bond donors (Lipinski definition) is 1. The molecule has 0 unspecified atom stereocenters. The molecule has 0 radical (unpaired) electrons. The molecule has 0 atom stereocenters. The van der Waals surface area contributed by atoms with Crippen LogP contribution < -0.4 is 16.0 Å². The number of ether oxygens (including phenoxy) is 1. The highest BCUT2D eigenvalue weighted by Crippen LogP contribution is 2.27. The number of nitrogen functional groups attached to an aromatic ring is 1. The van der Waals surface area contributed by atoms with Crippen LogP contribution in [0.3, 0.4) is 0 Å². The average molecular weight is 514 g/mol. The van der Waals surface area contributed by atoms with Crippen molar-refractivity contribution in [3.63, 3.8) is 0 Å². The van der Waals surface area contributed by atoms with Gasteiger partial charge in [-0.05, 0) is 42.0 Å². The van der Waals surface area contributed by atoms with Crippen LogP contribution >= 0.6 is 15.9 Å². The summed E-state index contributed by atoms with van der Waals surface area (Å²) in [5.74, 6) is -0.0194. The maximum atomic E-state index is 13.6. The first-order chi connectivity index (χ1) is 15.9. The molecule has 10 heteroatoms. The number of pyridine rings is 1. The van der Waals surface area contributed by atoms with Gasteiger partial charge in [0, 0.05) is 35.1 Å². The van der Waals surface area contributed by atoms with Crippen LogP contribution in [0.1, 0.15) is 5.56 Å². The zero-order valence-corrected chi connectivity index (χ0v) is 19.0. The van der Waals surface area contributed by atoms with Crippen LogP contribution in [0.2, 0.25) is 0 Å². The predicted molar refractivity (Wildman–Crippen MR) is 128 cm³/mol. The van der Waals surface area contributed by atoms with E-state index in [1.54, 1.807) is 61.8 Å². The Hall–Kier alpha value is -3.66. The van der Waals surface area contributed by atoms with Crippen LogP contribution in [0.15, 0.2) is 68.9 Å². The molecule has 2 N–H and O–H groups in total. The summed E-state index contributed by atoms with van der Waals surface area (Å²) < 4.78 is 32.3. The Morgan fingerprint density at radius 1 is 1.18 bits per heavy atom. The maximum Gasteiger partial charge on any atom is 0.281 e. The Labute approximate surface area is 195 Å². The second-order valence-corrected chi connectivity index (χ2v) is 7.93. The summed E-state index contributed by atoms with van der Waals surface area (Å²) in [5.41, 5.74) is 8.69. The van der Waals surface area contributed by atoms with Gasteiger partial charge in [-0.3, -0.25) is 9.79 Å². The molecule has 7 nitrogen and oxygen atoms in total. The molecule has 2 aromatic heterocycles. The summed E-state index contributed by atoms with van der Waals surface area (Å²) in [5, 5.41) is 4.46. The smallest absolute Gasteiger partial charge is 0.281 e. The Kier molecular flexibility index (Phi) is 6.45. The topological polar surface area (TPSA) is 95.4 Å². The molecule has 0 saturated carbocycles. The second kappa shape index (κ2) is 9.45. The minimum atomic E-state index is -2.65. The lowest BCUT2D eigenvalue weighted by Crippen LogP contribution is -2.24. The van der Waals surface area contributed by atoms with E-state index in [2.05, 4.69) is 31.0 Å². The van der Waals surface area contributed by atoms with Crippen LogP contribution in [-0.2, 0) is 0 Å². The van der Waals surface area contributed by atoms with Gasteiger partial charge < -0.3 is 10.5 Å². The zero-order valence-electron chi connectivity index (χ0n) is 17.4. The van der Waals surface area contributed by atoms with Gasteiger partial charge in [-0.2, -0.15) is 9.78 Å². The monoisotopic (exact) mass is 513 g/mol. The molecule has 2 heterocycles. The molecule has 0 aliphatic rings. The number of fused-ring (bicyclic) bond motifs is 1. The summed E-state index contributed by atoms with van der Waals surface area (Å²) in [6, 6.07) is 15.2. The van der Waals surface area contributed by atoms with Gasteiger partial charge in [0.05, 0.1) is 11.3 Å². The quantitative estimate of drug-likeness (QED) is 0.302. The molecule has 0 spiro atoms. The summed E-state index contributed by atoms with van der Waals surface area (Å²) in [6.45, 7) is -0.802. The molecule has 33 heavy (non-hydrogen) atoms. The van der Waals surface area contributed by atoms with Crippen molar-refractivity contribution in [1.29, 1.82) is 0 Å². The number of rotatable bonds is 6. The molecule has 0 aliphatic carbocycles. The van der Waals surface area contributed by atoms with Gasteiger partial charge in [-0.25, -0.2) is 13.8 Å². The minimum Gasteiger partial charge on any atom is -0.472 e. The van der Waals surface area contributed by atoms with Gasteiger partial charge >= 0.3 is 0 Å². The largest absolute Gasteiger partial charge is 0.472 e. The van der Waals surface area contributed by atoms with Crippen molar-refractivity contribution in [1.82, 2.24) is 14.8 Å². The van der Waals surface area contributed by atoms with E-state index in [-0.39, 0.29) is 17.0 Å². The first kappa shape index (κ1) is 22.5. The van der Waals surface area contributed by atoms with Gasteiger partial charge in [0.1, 0.15) is 11.0 Å². The van der Waals surface area contributed by atoms with Gasteiger partial charge in [-0.15, -0.1) is 0 Å². The lowest BCUT2D eigenvalue weighted by Gasteiger charge is -2.13. The molecule has 0 fully saturated rings. The number of nitrogens with two attached hydrogens (primary N) is 1. The molecule has 0 saturated heterocycles. The third-order valence-corrected chi connectivity index (χ3v) is 5.30. The van der Waals surface area contributed by atoms with Crippen LogP contribution in [0.25, 0.3) is 27.8 Å². The molecule has 0 bridgehead atoms. The molecular formula is C23H18BrF2N5O2. The Bertz CT molecular complexity index is 1400. The number of halogens is 3. The number of aliphatic imine (C=N–C) groups is 1. The predicted octanol–water partition coefficient (Wildman–Crippen LogP) is 4.49. The fourth-order valence-corrected chi connectivity index (χ4v) is 3.55. The van der Waals surface area contributed by atoms with Crippen molar-refractivity contribution in [2.45, 2.75) is 6.43 Å². The number of aromatic nitrogens is 3. The van der Waals surface area contributed by atoms with Crippen molar-refractivity contribution in [2.24, 2.45) is 4.99 Å². The van der Waals surface area contributed by atoms with E-state index in [9.17, 15) is 13.6 Å². The highest BCUT2D eigenvalue weighted by molar-refractivity contribution is 9.10. The summed E-state index contributed by atoms with van der Waals surface area (Å²) in [7, 11) is 1.62. The lowest BCUT2D eigenvalue weighted by molar-refractivity contribution is 0.0798. The van der Waals surface area contributed by atoms with Crippen molar-refractivity contribution in [2.75, 3.05) is 19.4 Å². The molecular weight excluding hydrogens is 496 g/mol. The van der Waals surface area contributed by atoms with E-state index in [1.165, 1.54) is 10.7 Å². The molecule has 2 aromatic carbocycles. The van der Waals surface area contributed by atoms with Crippen molar-refractivity contribution < 1.29 is 13.5 Å². The summed E-state index contributed by atoms with van der Waals surface area (Å²) in [4.78, 5) is 21.9. The lowest BCUT2D eigenvalue weighted by atomic mass is 10.1. The van der Waals surface area contributed by atoms with E-state index < -0.39 is 18.6 Å². The number of nitrogens with zero attached hydrogens (tertiary/aromatic N) is 4. The summed E-state index contributed by atoms with van der Waals surface area (Å²) in [6.07, 6.45) is -1.06. The van der Waals surface area contributed by atoms with E-state index in [0.717, 1.165) is 4.47 Å². The molecule has 0 amide bonds. The van der Waals surface area contributed by atoms with Gasteiger partial charge in [0.2, 0.25) is 5.88 Å². The molecule has 4 aromatic rings. The molecule has 4 rings (SSSR count). The number of hydrogen-bond acceptors (Lipinski definition) is 6. The highest BCUT2D eigenvalue weighted by Gasteiger charge is 2.18. The van der Waals surface area contributed by atoms with Crippen LogP contribution in [-0.4, -0.2) is 41.1 Å². The second-order valence-electron chi connectivity index (χ2n) is 7.02. The Morgan fingerprint density at radius 2 is 1.94 bits per heavy atom. The van der Waals surface area contributed by atoms with Crippen LogP contribution in [0, 0.1) is 0 Å². The zero-order chi connectivity index (χ0) is 23.5. The van der Waals surface area contributed by atoms with E-state index >= 15 is 0 Å². The first-order valence-electron chi connectivity index (χ1n) is 9.80. The minimum absolute atomic E-state index is 0.0194. The fourth-order valence-electron chi connectivity index (χ4n) is 3.28. The van der Waals surface area contributed by atoms with Crippen molar-refractivity contribution in [3.05, 3.63) is 75.0 Å². The number of benzene rings is 2. The van der Waals surface area contributed by atoms with Crippen LogP contribution in [0.4, 0.5) is 14.5 Å². The van der Waals surface area contributed by atoms with Gasteiger partial charge in [0.15, 0.2) is 6.61 Å². The molecule has 168 valence electrons. The van der Waals surface area contributed by atoms with Gasteiger partial charge in [-0.1, -0.05) is 28.1 Å². The molecule has 0 aliphatic heterocycles. The van der Waals surface area contributed by atoms with Crippen LogP contribution in [0.5, 0.6) is 5.88 Å².